The molecule has 0 atom stereocenters. The molecule has 0 spiro atoms. The van der Waals surface area contributed by atoms with Gasteiger partial charge in [-0.25, -0.2) is 0 Å². The second-order valence-electron chi connectivity index (χ2n) is 7.09. The predicted molar refractivity (Wildman–Crippen MR) is 113 cm³/mol. The number of likely N-dealkylation sites (tertiary alicyclic amines) is 1. The molecule has 1 aliphatic rings. The van der Waals surface area contributed by atoms with Crippen molar-refractivity contribution in [3.05, 3.63) is 71.7 Å². The lowest BCUT2D eigenvalue weighted by atomic mass is 10.1. The molecule has 4 nitrogen and oxygen atoms in total. The van der Waals surface area contributed by atoms with Crippen molar-refractivity contribution >= 4 is 38.2 Å². The van der Waals surface area contributed by atoms with Gasteiger partial charge in [0.1, 0.15) is 17.4 Å². The Kier molecular flexibility index (Phi) is 4.45. The zero-order valence-corrected chi connectivity index (χ0v) is 16.2. The van der Waals surface area contributed by atoms with Crippen molar-refractivity contribution in [3.8, 4) is 5.75 Å². The van der Waals surface area contributed by atoms with Gasteiger partial charge in [0.05, 0.1) is 4.88 Å². The first-order chi connectivity index (χ1) is 13.8. The number of fused-ring (bicyclic) bond motifs is 2. The van der Waals surface area contributed by atoms with Crippen LogP contribution < -0.4 is 4.74 Å². The van der Waals surface area contributed by atoms with Crippen molar-refractivity contribution in [1.29, 1.82) is 0 Å². The lowest BCUT2D eigenvalue weighted by Crippen LogP contribution is -2.41. The third kappa shape index (κ3) is 3.22. The molecule has 5 rings (SSSR count). The standard InChI is InChI=1S/C23H20N2O2S/c26-23(21-15-17-5-1-2-9-20(17)28-21)25-13-10-18(11-14-25)27-19-8-3-6-16-7-4-12-24-22(16)19/h1-9,12,15,18H,10-11,13-14H2. The first-order valence-corrected chi connectivity index (χ1v) is 10.4. The van der Waals surface area contributed by atoms with Crippen molar-refractivity contribution in [2.24, 2.45) is 0 Å². The number of hydrogen-bond acceptors (Lipinski definition) is 4. The van der Waals surface area contributed by atoms with Gasteiger partial charge in [-0.05, 0) is 29.7 Å². The van der Waals surface area contributed by atoms with Gasteiger partial charge in [0, 0.05) is 42.2 Å². The third-order valence-corrected chi connectivity index (χ3v) is 6.36. The molecule has 1 saturated heterocycles. The predicted octanol–water partition coefficient (Wildman–Crippen LogP) is 5.13. The number of para-hydroxylation sites is 1. The molecule has 0 unspecified atom stereocenters. The number of thiophene rings is 1. The van der Waals surface area contributed by atoms with Crippen LogP contribution in [0.4, 0.5) is 0 Å². The number of amides is 1. The largest absolute Gasteiger partial charge is 0.488 e. The summed E-state index contributed by atoms with van der Waals surface area (Å²) in [5.74, 6) is 0.957. The summed E-state index contributed by atoms with van der Waals surface area (Å²) in [6.45, 7) is 1.44. The summed E-state index contributed by atoms with van der Waals surface area (Å²) >= 11 is 1.57. The fraction of sp³-hybridized carbons (Fsp3) is 0.217. The molecule has 0 aliphatic carbocycles. The van der Waals surface area contributed by atoms with Crippen molar-refractivity contribution in [1.82, 2.24) is 9.88 Å². The molecule has 28 heavy (non-hydrogen) atoms. The van der Waals surface area contributed by atoms with Gasteiger partial charge in [-0.3, -0.25) is 9.78 Å². The highest BCUT2D eigenvalue weighted by Gasteiger charge is 2.26. The first-order valence-electron chi connectivity index (χ1n) is 9.56. The Bertz CT molecular complexity index is 1110. The number of ether oxygens (including phenoxy) is 1. The molecule has 0 radical (unpaired) electrons. The van der Waals surface area contributed by atoms with E-state index >= 15 is 0 Å². The number of hydrogen-bond donors (Lipinski definition) is 0. The molecule has 1 fully saturated rings. The monoisotopic (exact) mass is 388 g/mol. The normalized spacial score (nSPS) is 15.2. The van der Waals surface area contributed by atoms with E-state index in [1.165, 1.54) is 0 Å². The highest BCUT2D eigenvalue weighted by atomic mass is 32.1. The lowest BCUT2D eigenvalue weighted by Gasteiger charge is -2.32. The van der Waals surface area contributed by atoms with Crippen LogP contribution in [0.3, 0.4) is 0 Å². The minimum Gasteiger partial charge on any atom is -0.488 e. The summed E-state index contributed by atoms with van der Waals surface area (Å²) in [7, 11) is 0. The van der Waals surface area contributed by atoms with E-state index in [1.54, 1.807) is 17.5 Å². The van der Waals surface area contributed by atoms with Crippen LogP contribution in [-0.4, -0.2) is 35.0 Å². The van der Waals surface area contributed by atoms with E-state index in [0.717, 1.165) is 57.5 Å². The Morgan fingerprint density at radius 1 is 1.00 bits per heavy atom. The third-order valence-electron chi connectivity index (χ3n) is 5.25. The Morgan fingerprint density at radius 3 is 2.64 bits per heavy atom. The summed E-state index contributed by atoms with van der Waals surface area (Å²) in [6, 6.07) is 20.1. The maximum absolute atomic E-state index is 12.9. The van der Waals surface area contributed by atoms with Crippen molar-refractivity contribution in [2.75, 3.05) is 13.1 Å². The molecule has 0 saturated carbocycles. The Labute approximate surface area is 167 Å². The van der Waals surface area contributed by atoms with Gasteiger partial charge >= 0.3 is 0 Å². The number of pyridine rings is 1. The molecule has 2 aromatic carbocycles. The average Bonchev–Trinajstić information content (AvgIpc) is 3.18. The van der Waals surface area contributed by atoms with Crippen LogP contribution >= 0.6 is 11.3 Å². The second kappa shape index (κ2) is 7.24. The van der Waals surface area contributed by atoms with Crippen LogP contribution in [0.1, 0.15) is 22.5 Å². The molecule has 3 heterocycles. The molecule has 0 N–H and O–H groups in total. The van der Waals surface area contributed by atoms with E-state index in [-0.39, 0.29) is 12.0 Å². The number of aromatic nitrogens is 1. The summed E-state index contributed by atoms with van der Waals surface area (Å²) in [6.07, 6.45) is 3.57. The van der Waals surface area contributed by atoms with Gasteiger partial charge in [-0.2, -0.15) is 0 Å². The van der Waals surface area contributed by atoms with Crippen LogP contribution in [0.25, 0.3) is 21.0 Å². The topological polar surface area (TPSA) is 42.4 Å². The maximum atomic E-state index is 12.9. The van der Waals surface area contributed by atoms with Crippen LogP contribution in [0.5, 0.6) is 5.75 Å². The zero-order valence-electron chi connectivity index (χ0n) is 15.4. The minimum atomic E-state index is 0.110. The fourth-order valence-electron chi connectivity index (χ4n) is 3.77. The highest BCUT2D eigenvalue weighted by molar-refractivity contribution is 7.20. The summed E-state index contributed by atoms with van der Waals surface area (Å²) in [5, 5.41) is 2.22. The molecule has 140 valence electrons. The van der Waals surface area contributed by atoms with Crippen LogP contribution in [0, 0.1) is 0 Å². The van der Waals surface area contributed by atoms with Gasteiger partial charge in [-0.1, -0.05) is 36.4 Å². The van der Waals surface area contributed by atoms with E-state index in [9.17, 15) is 4.79 Å². The van der Waals surface area contributed by atoms with E-state index in [4.69, 9.17) is 4.74 Å². The average molecular weight is 388 g/mol. The molecule has 1 amide bonds. The molecule has 0 bridgehead atoms. The van der Waals surface area contributed by atoms with Crippen LogP contribution in [0.2, 0.25) is 0 Å². The number of carbonyl (C=O) groups is 1. The minimum absolute atomic E-state index is 0.110. The summed E-state index contributed by atoms with van der Waals surface area (Å²) in [5.41, 5.74) is 0.897. The molecule has 5 heteroatoms. The number of nitrogens with zero attached hydrogens (tertiary/aromatic N) is 2. The van der Waals surface area contributed by atoms with E-state index in [2.05, 4.69) is 17.1 Å². The lowest BCUT2D eigenvalue weighted by molar-refractivity contribution is 0.0602. The van der Waals surface area contributed by atoms with E-state index in [1.807, 2.05) is 53.4 Å². The molecular weight excluding hydrogens is 368 g/mol. The smallest absolute Gasteiger partial charge is 0.263 e. The molecule has 4 aromatic rings. The molecule has 2 aromatic heterocycles. The zero-order chi connectivity index (χ0) is 18.9. The van der Waals surface area contributed by atoms with Crippen LogP contribution in [-0.2, 0) is 0 Å². The van der Waals surface area contributed by atoms with Gasteiger partial charge in [0.25, 0.3) is 5.91 Å². The number of benzene rings is 2. The summed E-state index contributed by atoms with van der Waals surface area (Å²) in [4.78, 5) is 20.1. The Morgan fingerprint density at radius 2 is 1.79 bits per heavy atom. The summed E-state index contributed by atoms with van der Waals surface area (Å²) < 4.78 is 7.41. The van der Waals surface area contributed by atoms with Crippen molar-refractivity contribution in [2.45, 2.75) is 18.9 Å². The molecular formula is C23H20N2O2S. The van der Waals surface area contributed by atoms with Gasteiger partial charge in [0.15, 0.2) is 0 Å². The van der Waals surface area contributed by atoms with Crippen LogP contribution in [0.15, 0.2) is 66.9 Å². The number of carbonyl (C=O) groups excluding carboxylic acids is 1. The second-order valence-corrected chi connectivity index (χ2v) is 8.17. The van der Waals surface area contributed by atoms with Gasteiger partial charge in [-0.15, -0.1) is 11.3 Å². The maximum Gasteiger partial charge on any atom is 0.263 e. The van der Waals surface area contributed by atoms with Gasteiger partial charge < -0.3 is 9.64 Å². The highest BCUT2D eigenvalue weighted by Crippen LogP contribution is 2.29. The molecule has 1 aliphatic heterocycles. The first kappa shape index (κ1) is 17.2. The fourth-order valence-corrected chi connectivity index (χ4v) is 4.80. The van der Waals surface area contributed by atoms with Gasteiger partial charge in [0.2, 0.25) is 0 Å². The SMILES string of the molecule is O=C(c1cc2ccccc2s1)N1CCC(Oc2cccc3cccnc23)CC1. The van der Waals surface area contributed by atoms with E-state index < -0.39 is 0 Å². The Hall–Kier alpha value is -2.92. The number of piperidine rings is 1. The van der Waals surface area contributed by atoms with E-state index in [0.29, 0.717) is 0 Å². The Balaban J connectivity index is 1.26. The quantitative estimate of drug-likeness (QED) is 0.488. The number of rotatable bonds is 3. The van der Waals surface area contributed by atoms with Crippen molar-refractivity contribution in [3.63, 3.8) is 0 Å². The van der Waals surface area contributed by atoms with Crippen molar-refractivity contribution < 1.29 is 9.53 Å².